The highest BCUT2D eigenvalue weighted by atomic mass is 35.5. The number of aryl methyl sites for hydroxylation is 2. The van der Waals surface area contributed by atoms with Gasteiger partial charge >= 0.3 is 0 Å². The molecule has 1 atom stereocenters. The number of pyridine rings is 1. The fourth-order valence-corrected chi connectivity index (χ4v) is 3.92. The van der Waals surface area contributed by atoms with Gasteiger partial charge in [0.25, 0.3) is 0 Å². The van der Waals surface area contributed by atoms with E-state index < -0.39 is 0 Å². The van der Waals surface area contributed by atoms with Gasteiger partial charge in [-0.2, -0.15) is 0 Å². The number of carbonyl (C=O) groups is 1. The van der Waals surface area contributed by atoms with Crippen molar-refractivity contribution in [3.63, 3.8) is 0 Å². The molecule has 0 saturated carbocycles. The van der Waals surface area contributed by atoms with Crippen molar-refractivity contribution in [3.8, 4) is 0 Å². The van der Waals surface area contributed by atoms with E-state index in [4.69, 9.17) is 16.0 Å². The van der Waals surface area contributed by atoms with Gasteiger partial charge in [0.1, 0.15) is 11.3 Å². The molecule has 0 aliphatic rings. The van der Waals surface area contributed by atoms with Gasteiger partial charge in [-0.05, 0) is 68.9 Å². The summed E-state index contributed by atoms with van der Waals surface area (Å²) >= 11 is 6.13. The van der Waals surface area contributed by atoms with Crippen molar-refractivity contribution in [3.05, 3.63) is 70.7 Å². The average molecular weight is 439 g/mol. The minimum absolute atomic E-state index is 0.104. The van der Waals surface area contributed by atoms with Gasteiger partial charge in [-0.15, -0.1) is 0 Å². The van der Waals surface area contributed by atoms with Crippen molar-refractivity contribution in [2.75, 3.05) is 0 Å². The first-order valence-corrected chi connectivity index (χ1v) is 11.5. The van der Waals surface area contributed by atoms with E-state index >= 15 is 0 Å². The molecule has 0 bridgehead atoms. The van der Waals surface area contributed by atoms with Gasteiger partial charge in [-0.3, -0.25) is 9.78 Å². The van der Waals surface area contributed by atoms with E-state index in [9.17, 15) is 4.79 Å². The molecule has 2 aromatic heterocycles. The monoisotopic (exact) mass is 438 g/mol. The molecule has 1 amide bonds. The predicted octanol–water partition coefficient (Wildman–Crippen LogP) is 6.75. The Kier molecular flexibility index (Phi) is 8.72. The number of benzene rings is 1. The van der Waals surface area contributed by atoms with E-state index in [0.29, 0.717) is 5.02 Å². The molecule has 5 heteroatoms. The fraction of sp³-hybridized carbons (Fsp3) is 0.385. The Morgan fingerprint density at radius 1 is 1.23 bits per heavy atom. The number of furan rings is 1. The Hall–Kier alpha value is -2.59. The summed E-state index contributed by atoms with van der Waals surface area (Å²) in [5.74, 6) is 0.639. The summed E-state index contributed by atoms with van der Waals surface area (Å²) in [7, 11) is 0. The van der Waals surface area contributed by atoms with Crippen molar-refractivity contribution in [1.29, 1.82) is 0 Å². The van der Waals surface area contributed by atoms with E-state index in [1.165, 1.54) is 12.0 Å². The highest BCUT2D eigenvalue weighted by molar-refractivity contribution is 6.31. The Bertz CT molecular complexity index is 1010. The van der Waals surface area contributed by atoms with Gasteiger partial charge < -0.3 is 9.73 Å². The lowest BCUT2D eigenvalue weighted by atomic mass is 10.0. The number of carbonyl (C=O) groups excluding carboxylic acids is 1. The number of unbranched alkanes of at least 4 members (excludes halogenated alkanes) is 2. The van der Waals surface area contributed by atoms with Crippen molar-refractivity contribution in [1.82, 2.24) is 10.3 Å². The highest BCUT2D eigenvalue weighted by Gasteiger charge is 2.13. The molecule has 1 aromatic carbocycles. The Morgan fingerprint density at radius 3 is 2.87 bits per heavy atom. The summed E-state index contributed by atoms with van der Waals surface area (Å²) < 4.78 is 6.02. The predicted molar refractivity (Wildman–Crippen MR) is 128 cm³/mol. The molecule has 0 radical (unpaired) electrons. The normalized spacial score (nSPS) is 12.5. The minimum Gasteiger partial charge on any atom is -0.456 e. The fourth-order valence-electron chi connectivity index (χ4n) is 3.76. The zero-order valence-corrected chi connectivity index (χ0v) is 19.1. The number of halogens is 1. The third-order valence-corrected chi connectivity index (χ3v) is 5.65. The number of aromatic nitrogens is 1. The van der Waals surface area contributed by atoms with E-state index in [1.807, 2.05) is 37.4 Å². The quantitative estimate of drug-likeness (QED) is 0.266. The van der Waals surface area contributed by atoms with Crippen molar-refractivity contribution in [2.24, 2.45) is 0 Å². The van der Waals surface area contributed by atoms with E-state index in [-0.39, 0.29) is 11.9 Å². The third kappa shape index (κ3) is 6.96. The summed E-state index contributed by atoms with van der Waals surface area (Å²) in [4.78, 5) is 16.6. The van der Waals surface area contributed by atoms with E-state index in [1.54, 1.807) is 18.3 Å². The van der Waals surface area contributed by atoms with Gasteiger partial charge in [-0.1, -0.05) is 37.4 Å². The van der Waals surface area contributed by atoms with Crippen LogP contribution in [0.3, 0.4) is 0 Å². The molecule has 0 saturated heterocycles. The van der Waals surface area contributed by atoms with Crippen LogP contribution in [0.1, 0.15) is 62.8 Å². The summed E-state index contributed by atoms with van der Waals surface area (Å²) in [5.41, 5.74) is 3.14. The van der Waals surface area contributed by atoms with Crippen LogP contribution in [0.2, 0.25) is 5.02 Å². The van der Waals surface area contributed by atoms with Crippen LogP contribution in [0.25, 0.3) is 17.0 Å². The molecule has 164 valence electrons. The summed E-state index contributed by atoms with van der Waals surface area (Å²) in [6.45, 7) is 4.23. The summed E-state index contributed by atoms with van der Waals surface area (Å²) in [6, 6.07) is 9.86. The molecular formula is C26H31ClN2O2. The maximum atomic E-state index is 12.4. The molecule has 0 unspecified atom stereocenters. The van der Waals surface area contributed by atoms with Crippen LogP contribution in [0.4, 0.5) is 0 Å². The second-order valence-corrected chi connectivity index (χ2v) is 8.48. The van der Waals surface area contributed by atoms with Crippen LogP contribution in [-0.4, -0.2) is 16.9 Å². The standard InChI is InChI=1S/C26H31ClN2O2/c1-3-4-5-11-22-23-13-12-21(27)17-25(23)31-24(22)14-15-26(30)29-19(2)8-6-9-20-10-7-16-28-18-20/h7,10,12-19H,3-6,8-9,11H2,1-2H3,(H,29,30)/b15-14+/t19-/m1/s1. The average Bonchev–Trinajstić information content (AvgIpc) is 3.09. The second-order valence-electron chi connectivity index (χ2n) is 8.04. The molecule has 3 aromatic rings. The molecule has 4 nitrogen and oxygen atoms in total. The second kappa shape index (κ2) is 11.7. The molecule has 0 fully saturated rings. The number of nitrogens with zero attached hydrogens (tertiary/aromatic N) is 1. The number of rotatable bonds is 11. The van der Waals surface area contributed by atoms with Gasteiger partial charge in [0.15, 0.2) is 0 Å². The Labute approximate surface area is 189 Å². The maximum Gasteiger partial charge on any atom is 0.244 e. The molecule has 3 rings (SSSR count). The van der Waals surface area contributed by atoms with Gasteiger partial charge in [-0.25, -0.2) is 0 Å². The Morgan fingerprint density at radius 2 is 2.10 bits per heavy atom. The summed E-state index contributed by atoms with van der Waals surface area (Å²) in [6.07, 6.45) is 14.3. The SMILES string of the molecule is CCCCCc1c(/C=C/C(=O)N[C@H](C)CCCc2cccnc2)oc2cc(Cl)ccc12. The van der Waals surface area contributed by atoms with Crippen LogP contribution in [0.5, 0.6) is 0 Å². The van der Waals surface area contributed by atoms with E-state index in [2.05, 4.69) is 23.3 Å². The van der Waals surface area contributed by atoms with Crippen LogP contribution in [-0.2, 0) is 17.6 Å². The highest BCUT2D eigenvalue weighted by Crippen LogP contribution is 2.30. The minimum atomic E-state index is -0.105. The van der Waals surface area contributed by atoms with Gasteiger partial charge in [0.2, 0.25) is 5.91 Å². The lowest BCUT2D eigenvalue weighted by molar-refractivity contribution is -0.117. The topological polar surface area (TPSA) is 55.1 Å². The third-order valence-electron chi connectivity index (χ3n) is 5.42. The number of nitrogens with one attached hydrogen (secondary N) is 1. The molecule has 0 aliphatic heterocycles. The molecule has 0 aliphatic carbocycles. The molecule has 1 N–H and O–H groups in total. The van der Waals surface area contributed by atoms with Crippen LogP contribution >= 0.6 is 11.6 Å². The lowest BCUT2D eigenvalue weighted by Crippen LogP contribution is -2.31. The first-order valence-electron chi connectivity index (χ1n) is 11.1. The van der Waals surface area contributed by atoms with Crippen LogP contribution < -0.4 is 5.32 Å². The van der Waals surface area contributed by atoms with Crippen molar-refractivity contribution >= 4 is 34.6 Å². The molecule has 31 heavy (non-hydrogen) atoms. The van der Waals surface area contributed by atoms with Crippen LogP contribution in [0, 0.1) is 0 Å². The van der Waals surface area contributed by atoms with Crippen LogP contribution in [0.15, 0.2) is 53.2 Å². The first kappa shape index (κ1) is 23.1. The summed E-state index contributed by atoms with van der Waals surface area (Å²) in [5, 5.41) is 4.77. The smallest absolute Gasteiger partial charge is 0.244 e. The number of fused-ring (bicyclic) bond motifs is 1. The van der Waals surface area contributed by atoms with Gasteiger partial charge in [0, 0.05) is 46.6 Å². The lowest BCUT2D eigenvalue weighted by Gasteiger charge is -2.12. The largest absolute Gasteiger partial charge is 0.456 e. The Balaban J connectivity index is 1.59. The zero-order chi connectivity index (χ0) is 22.1. The number of amides is 1. The van der Waals surface area contributed by atoms with Crippen molar-refractivity contribution < 1.29 is 9.21 Å². The molecule has 0 spiro atoms. The van der Waals surface area contributed by atoms with Gasteiger partial charge in [0.05, 0.1) is 0 Å². The zero-order valence-electron chi connectivity index (χ0n) is 18.4. The number of hydrogen-bond acceptors (Lipinski definition) is 3. The van der Waals surface area contributed by atoms with E-state index in [0.717, 1.165) is 60.8 Å². The first-order chi connectivity index (χ1) is 15.1. The molecular weight excluding hydrogens is 408 g/mol. The number of hydrogen-bond donors (Lipinski definition) is 1. The molecule has 2 heterocycles. The maximum absolute atomic E-state index is 12.4. The van der Waals surface area contributed by atoms with Crippen molar-refractivity contribution in [2.45, 2.75) is 64.8 Å².